The van der Waals surface area contributed by atoms with Crippen LogP contribution in [0.2, 0.25) is 0 Å². The van der Waals surface area contributed by atoms with Crippen molar-refractivity contribution in [3.8, 4) is 0 Å². The van der Waals surface area contributed by atoms with Crippen molar-refractivity contribution in [2.75, 3.05) is 19.0 Å². The molecule has 4 nitrogen and oxygen atoms in total. The smallest absolute Gasteiger partial charge is 0.223 e. The van der Waals surface area contributed by atoms with Gasteiger partial charge in [-0.3, -0.25) is 4.79 Å². The average molecular weight is 330 g/mol. The summed E-state index contributed by atoms with van der Waals surface area (Å²) in [6, 6.07) is 11.7. The maximum atomic E-state index is 13.2. The molecule has 24 heavy (non-hydrogen) atoms. The molecule has 0 fully saturated rings. The number of hydrogen-bond acceptors (Lipinski definition) is 3. The van der Waals surface area contributed by atoms with Crippen LogP contribution in [0.3, 0.4) is 0 Å². The second-order valence-electron chi connectivity index (χ2n) is 6.06. The molecular weight excluding hydrogens is 307 g/mol. The van der Waals surface area contributed by atoms with Crippen LogP contribution in [0.5, 0.6) is 0 Å². The van der Waals surface area contributed by atoms with Gasteiger partial charge in [0.2, 0.25) is 5.91 Å². The summed E-state index contributed by atoms with van der Waals surface area (Å²) in [4.78, 5) is 14.0. The molecule has 0 bridgehead atoms. The highest BCUT2D eigenvalue weighted by Gasteiger charge is 2.13. The quantitative estimate of drug-likeness (QED) is 0.856. The number of carbonyl (C=O) groups is 1. The van der Waals surface area contributed by atoms with Crippen LogP contribution in [0.4, 0.5) is 10.1 Å². The minimum atomic E-state index is -1.02. The molecule has 0 saturated heterocycles. The highest BCUT2D eigenvalue weighted by Crippen LogP contribution is 2.19. The number of nitrogens with zero attached hydrogens (tertiary/aromatic N) is 1. The number of carbonyl (C=O) groups excluding carboxylic acids is 1. The van der Waals surface area contributed by atoms with Crippen molar-refractivity contribution in [2.24, 2.45) is 0 Å². The Balaban J connectivity index is 1.91. The Labute approximate surface area is 141 Å². The molecule has 2 N–H and O–H groups in total. The van der Waals surface area contributed by atoms with Gasteiger partial charge in [-0.15, -0.1) is 0 Å². The molecule has 0 aliphatic rings. The molecule has 128 valence electrons. The van der Waals surface area contributed by atoms with E-state index in [-0.39, 0.29) is 12.3 Å². The highest BCUT2D eigenvalue weighted by atomic mass is 19.1. The van der Waals surface area contributed by atoms with Crippen LogP contribution < -0.4 is 10.2 Å². The molecule has 2 aromatic carbocycles. The second-order valence-corrected chi connectivity index (χ2v) is 6.06. The van der Waals surface area contributed by atoms with Crippen molar-refractivity contribution in [3.05, 3.63) is 65.0 Å². The summed E-state index contributed by atoms with van der Waals surface area (Å²) in [6.07, 6.45) is -1.11. The van der Waals surface area contributed by atoms with E-state index in [0.717, 1.165) is 16.8 Å². The molecule has 0 aromatic heterocycles. The number of halogens is 1. The summed E-state index contributed by atoms with van der Waals surface area (Å²) in [7, 11) is 3.95. The molecule has 0 aliphatic heterocycles. The van der Waals surface area contributed by atoms with E-state index < -0.39 is 11.9 Å². The topological polar surface area (TPSA) is 52.6 Å². The van der Waals surface area contributed by atoms with E-state index in [0.29, 0.717) is 12.1 Å². The third-order valence-corrected chi connectivity index (χ3v) is 3.93. The third kappa shape index (κ3) is 4.80. The fraction of sp³-hybridized carbons (Fsp3) is 0.316. The molecule has 0 radical (unpaired) electrons. The fourth-order valence-electron chi connectivity index (χ4n) is 2.43. The molecule has 0 aliphatic carbocycles. The molecule has 1 amide bonds. The van der Waals surface area contributed by atoms with E-state index in [4.69, 9.17) is 0 Å². The minimum absolute atomic E-state index is 0.0989. The lowest BCUT2D eigenvalue weighted by Crippen LogP contribution is -2.25. The SMILES string of the molecule is Cc1cc(N(C)C)ccc1CNC(=O)CC(O)c1cccc(F)c1. The largest absolute Gasteiger partial charge is 0.388 e. The van der Waals surface area contributed by atoms with Gasteiger partial charge in [0.15, 0.2) is 0 Å². The number of rotatable bonds is 6. The lowest BCUT2D eigenvalue weighted by molar-refractivity contribution is -0.123. The first-order valence-corrected chi connectivity index (χ1v) is 7.84. The maximum absolute atomic E-state index is 13.2. The minimum Gasteiger partial charge on any atom is -0.388 e. The summed E-state index contributed by atoms with van der Waals surface area (Å²) in [5.41, 5.74) is 3.61. The van der Waals surface area contributed by atoms with E-state index in [1.807, 2.05) is 38.1 Å². The summed E-state index contributed by atoms with van der Waals surface area (Å²) in [5, 5.41) is 12.8. The van der Waals surface area contributed by atoms with Crippen molar-refractivity contribution in [3.63, 3.8) is 0 Å². The van der Waals surface area contributed by atoms with Gasteiger partial charge < -0.3 is 15.3 Å². The number of aliphatic hydroxyl groups excluding tert-OH is 1. The molecule has 0 saturated carbocycles. The number of nitrogens with one attached hydrogen (secondary N) is 1. The molecule has 2 rings (SSSR count). The molecular formula is C19H23FN2O2. The van der Waals surface area contributed by atoms with Crippen LogP contribution in [0.25, 0.3) is 0 Å². The summed E-state index contributed by atoms with van der Waals surface area (Å²) in [6.45, 7) is 2.39. The van der Waals surface area contributed by atoms with E-state index >= 15 is 0 Å². The van der Waals surface area contributed by atoms with Crippen LogP contribution >= 0.6 is 0 Å². The van der Waals surface area contributed by atoms with Gasteiger partial charge in [0.25, 0.3) is 0 Å². The standard InChI is InChI=1S/C19H23FN2O2/c1-13-9-17(22(2)3)8-7-15(13)12-21-19(24)11-18(23)14-5-4-6-16(20)10-14/h4-10,18,23H,11-12H2,1-3H3,(H,21,24). The summed E-state index contributed by atoms with van der Waals surface area (Å²) < 4.78 is 13.2. The van der Waals surface area contributed by atoms with Crippen molar-refractivity contribution < 1.29 is 14.3 Å². The lowest BCUT2D eigenvalue weighted by Gasteiger charge is -2.16. The number of aliphatic hydroxyl groups is 1. The van der Waals surface area contributed by atoms with Crippen molar-refractivity contribution in [1.29, 1.82) is 0 Å². The van der Waals surface area contributed by atoms with Crippen molar-refractivity contribution in [1.82, 2.24) is 5.32 Å². The highest BCUT2D eigenvalue weighted by molar-refractivity contribution is 5.76. The van der Waals surface area contributed by atoms with Gasteiger partial charge in [-0.05, 0) is 47.9 Å². The summed E-state index contributed by atoms with van der Waals surface area (Å²) >= 11 is 0. The van der Waals surface area contributed by atoms with E-state index in [2.05, 4.69) is 11.4 Å². The third-order valence-electron chi connectivity index (χ3n) is 3.93. The van der Waals surface area contributed by atoms with Gasteiger partial charge in [0.05, 0.1) is 12.5 Å². The number of anilines is 1. The Kier molecular flexibility index (Phi) is 5.93. The zero-order valence-electron chi connectivity index (χ0n) is 14.2. The number of hydrogen-bond donors (Lipinski definition) is 2. The number of benzene rings is 2. The van der Waals surface area contributed by atoms with Gasteiger partial charge in [0, 0.05) is 26.3 Å². The predicted octanol–water partition coefficient (Wildman–Crippen LogP) is 2.94. The van der Waals surface area contributed by atoms with Crippen LogP contribution in [0.15, 0.2) is 42.5 Å². The van der Waals surface area contributed by atoms with Gasteiger partial charge in [-0.2, -0.15) is 0 Å². The lowest BCUT2D eigenvalue weighted by atomic mass is 10.1. The zero-order chi connectivity index (χ0) is 17.7. The first-order valence-electron chi connectivity index (χ1n) is 7.84. The van der Waals surface area contributed by atoms with Crippen molar-refractivity contribution >= 4 is 11.6 Å². The van der Waals surface area contributed by atoms with Gasteiger partial charge in [0.1, 0.15) is 5.82 Å². The van der Waals surface area contributed by atoms with E-state index in [9.17, 15) is 14.3 Å². The first kappa shape index (κ1) is 17.9. The maximum Gasteiger partial charge on any atom is 0.223 e. The van der Waals surface area contributed by atoms with Crippen molar-refractivity contribution in [2.45, 2.75) is 26.0 Å². The monoisotopic (exact) mass is 330 g/mol. The molecule has 1 unspecified atom stereocenters. The van der Waals surface area contributed by atoms with Crippen LogP contribution in [0, 0.1) is 12.7 Å². The molecule has 2 aromatic rings. The number of aryl methyl sites for hydroxylation is 1. The Morgan fingerprint density at radius 3 is 2.62 bits per heavy atom. The van der Waals surface area contributed by atoms with Crippen LogP contribution in [-0.4, -0.2) is 25.1 Å². The average Bonchev–Trinajstić information content (AvgIpc) is 2.53. The van der Waals surface area contributed by atoms with Crippen LogP contribution in [-0.2, 0) is 11.3 Å². The van der Waals surface area contributed by atoms with E-state index in [1.165, 1.54) is 18.2 Å². The molecule has 0 spiro atoms. The summed E-state index contributed by atoms with van der Waals surface area (Å²) in [5.74, 6) is -0.702. The number of amides is 1. The van der Waals surface area contributed by atoms with Gasteiger partial charge in [-0.1, -0.05) is 18.2 Å². The fourth-order valence-corrected chi connectivity index (χ4v) is 2.43. The molecule has 5 heteroatoms. The first-order chi connectivity index (χ1) is 11.4. The van der Waals surface area contributed by atoms with E-state index in [1.54, 1.807) is 6.07 Å². The Hall–Kier alpha value is -2.40. The predicted molar refractivity (Wildman–Crippen MR) is 93.3 cm³/mol. The Morgan fingerprint density at radius 1 is 1.25 bits per heavy atom. The van der Waals surface area contributed by atoms with Gasteiger partial charge >= 0.3 is 0 Å². The molecule has 1 atom stereocenters. The Morgan fingerprint density at radius 2 is 2.00 bits per heavy atom. The normalized spacial score (nSPS) is 11.9. The second kappa shape index (κ2) is 7.93. The Bertz CT molecular complexity index is 716. The zero-order valence-corrected chi connectivity index (χ0v) is 14.2. The molecule has 0 heterocycles. The van der Waals surface area contributed by atoms with Gasteiger partial charge in [-0.25, -0.2) is 4.39 Å². The van der Waals surface area contributed by atoms with Crippen LogP contribution in [0.1, 0.15) is 29.2 Å².